The average Bonchev–Trinajstić information content (AvgIpc) is 2.73. The lowest BCUT2D eigenvalue weighted by molar-refractivity contribution is -0.126. The van der Waals surface area contributed by atoms with Gasteiger partial charge in [0.2, 0.25) is 11.8 Å². The van der Waals surface area contributed by atoms with Crippen LogP contribution in [0, 0.1) is 6.92 Å². The molecule has 0 aliphatic heterocycles. The fourth-order valence-corrected chi connectivity index (χ4v) is 3.12. The topological polar surface area (TPSA) is 58.2 Å². The molecular weight excluding hydrogens is 348 g/mol. The summed E-state index contributed by atoms with van der Waals surface area (Å²) in [4.78, 5) is 25.1. The number of amides is 2. The minimum atomic E-state index is -0.452. The molecule has 3 aromatic rings. The SMILES string of the molecule is Cc1ccccc1CNC(=O)CNC(=O)C(c1ccccc1)c1ccccc1. The normalized spacial score (nSPS) is 10.5. The van der Waals surface area contributed by atoms with Crippen LogP contribution in [-0.4, -0.2) is 18.4 Å². The zero-order chi connectivity index (χ0) is 19.8. The molecule has 2 N–H and O–H groups in total. The van der Waals surface area contributed by atoms with Crippen LogP contribution in [0.15, 0.2) is 84.9 Å². The number of aryl methyl sites for hydroxylation is 1. The Hall–Kier alpha value is -3.40. The van der Waals surface area contributed by atoms with Gasteiger partial charge in [0.1, 0.15) is 0 Å². The van der Waals surface area contributed by atoms with Crippen molar-refractivity contribution in [1.82, 2.24) is 10.6 Å². The average molecular weight is 372 g/mol. The predicted octanol–water partition coefficient (Wildman–Crippen LogP) is 3.56. The minimum Gasteiger partial charge on any atom is -0.350 e. The Kier molecular flexibility index (Phi) is 6.58. The summed E-state index contributed by atoms with van der Waals surface area (Å²) >= 11 is 0. The van der Waals surface area contributed by atoms with Gasteiger partial charge in [-0.3, -0.25) is 9.59 Å². The molecule has 0 saturated heterocycles. The highest BCUT2D eigenvalue weighted by Crippen LogP contribution is 2.24. The number of benzene rings is 3. The number of carbonyl (C=O) groups is 2. The highest BCUT2D eigenvalue weighted by atomic mass is 16.2. The lowest BCUT2D eigenvalue weighted by Gasteiger charge is -2.18. The van der Waals surface area contributed by atoms with Crippen molar-refractivity contribution in [2.75, 3.05) is 6.54 Å². The summed E-state index contributed by atoms with van der Waals surface area (Å²) in [5.74, 6) is -0.855. The summed E-state index contributed by atoms with van der Waals surface area (Å²) in [7, 11) is 0. The van der Waals surface area contributed by atoms with Gasteiger partial charge >= 0.3 is 0 Å². The van der Waals surface area contributed by atoms with E-state index in [2.05, 4.69) is 10.6 Å². The lowest BCUT2D eigenvalue weighted by atomic mass is 9.90. The van der Waals surface area contributed by atoms with Gasteiger partial charge in [0.05, 0.1) is 12.5 Å². The van der Waals surface area contributed by atoms with E-state index < -0.39 is 5.92 Å². The summed E-state index contributed by atoms with van der Waals surface area (Å²) < 4.78 is 0. The second-order valence-electron chi connectivity index (χ2n) is 6.68. The van der Waals surface area contributed by atoms with Gasteiger partial charge in [-0.05, 0) is 29.2 Å². The first-order valence-electron chi connectivity index (χ1n) is 9.34. The van der Waals surface area contributed by atoms with Crippen molar-refractivity contribution >= 4 is 11.8 Å². The molecule has 4 heteroatoms. The van der Waals surface area contributed by atoms with E-state index >= 15 is 0 Å². The molecule has 4 nitrogen and oxygen atoms in total. The summed E-state index contributed by atoms with van der Waals surface area (Å²) in [5, 5.41) is 5.64. The molecular formula is C24H24N2O2. The van der Waals surface area contributed by atoms with Gasteiger partial charge in [0.25, 0.3) is 0 Å². The van der Waals surface area contributed by atoms with Crippen LogP contribution in [0.5, 0.6) is 0 Å². The van der Waals surface area contributed by atoms with E-state index in [-0.39, 0.29) is 18.4 Å². The number of hydrogen-bond acceptors (Lipinski definition) is 2. The molecule has 0 aliphatic carbocycles. The zero-order valence-electron chi connectivity index (χ0n) is 15.9. The molecule has 3 aromatic carbocycles. The van der Waals surface area contributed by atoms with Gasteiger partial charge in [-0.2, -0.15) is 0 Å². The van der Waals surface area contributed by atoms with Crippen molar-refractivity contribution in [3.8, 4) is 0 Å². The van der Waals surface area contributed by atoms with E-state index in [0.717, 1.165) is 22.3 Å². The van der Waals surface area contributed by atoms with Crippen LogP contribution < -0.4 is 10.6 Å². The Morgan fingerprint density at radius 2 is 1.29 bits per heavy atom. The molecule has 0 atom stereocenters. The van der Waals surface area contributed by atoms with Gasteiger partial charge in [0.15, 0.2) is 0 Å². The van der Waals surface area contributed by atoms with E-state index in [9.17, 15) is 9.59 Å². The third kappa shape index (κ3) is 5.07. The molecule has 3 rings (SSSR count). The zero-order valence-corrected chi connectivity index (χ0v) is 15.9. The van der Waals surface area contributed by atoms with Gasteiger partial charge in [-0.1, -0.05) is 84.9 Å². The van der Waals surface area contributed by atoms with E-state index in [1.807, 2.05) is 91.9 Å². The maximum absolute atomic E-state index is 12.9. The van der Waals surface area contributed by atoms with Crippen LogP contribution in [0.25, 0.3) is 0 Å². The van der Waals surface area contributed by atoms with Crippen molar-refractivity contribution in [3.05, 3.63) is 107 Å². The van der Waals surface area contributed by atoms with Crippen LogP contribution >= 0.6 is 0 Å². The number of rotatable bonds is 7. The Morgan fingerprint density at radius 3 is 1.86 bits per heavy atom. The molecule has 0 fully saturated rings. The molecule has 0 aliphatic rings. The quantitative estimate of drug-likeness (QED) is 0.666. The number of nitrogens with one attached hydrogen (secondary N) is 2. The summed E-state index contributed by atoms with van der Waals surface area (Å²) in [6.45, 7) is 2.40. The molecule has 28 heavy (non-hydrogen) atoms. The molecule has 0 spiro atoms. The molecule has 2 amide bonds. The Labute approximate surface area is 165 Å². The third-order valence-electron chi connectivity index (χ3n) is 4.69. The predicted molar refractivity (Wildman–Crippen MR) is 111 cm³/mol. The first kappa shape index (κ1) is 19.4. The first-order chi connectivity index (χ1) is 13.6. The van der Waals surface area contributed by atoms with E-state index in [0.29, 0.717) is 6.54 Å². The highest BCUT2D eigenvalue weighted by Gasteiger charge is 2.22. The van der Waals surface area contributed by atoms with Gasteiger partial charge in [-0.25, -0.2) is 0 Å². The largest absolute Gasteiger partial charge is 0.350 e. The standard InChI is InChI=1S/C24H24N2O2/c1-18-10-8-9-15-21(18)16-25-22(27)17-26-24(28)23(19-11-4-2-5-12-19)20-13-6-3-7-14-20/h2-15,23H,16-17H2,1H3,(H,25,27)(H,26,28). The monoisotopic (exact) mass is 372 g/mol. The fraction of sp³-hybridized carbons (Fsp3) is 0.167. The summed E-state index contributed by atoms with van der Waals surface area (Å²) in [5.41, 5.74) is 3.98. The molecule has 0 saturated carbocycles. The smallest absolute Gasteiger partial charge is 0.239 e. The van der Waals surface area contributed by atoms with Crippen molar-refractivity contribution < 1.29 is 9.59 Å². The molecule has 0 unspecified atom stereocenters. The molecule has 0 bridgehead atoms. The number of hydrogen-bond donors (Lipinski definition) is 2. The summed E-state index contributed by atoms with van der Waals surface area (Å²) in [6.07, 6.45) is 0. The minimum absolute atomic E-state index is 0.0547. The van der Waals surface area contributed by atoms with Gasteiger partial charge < -0.3 is 10.6 Å². The Balaban J connectivity index is 1.62. The first-order valence-corrected chi connectivity index (χ1v) is 9.34. The summed E-state index contributed by atoms with van der Waals surface area (Å²) in [6, 6.07) is 27.1. The molecule has 0 aromatic heterocycles. The number of carbonyl (C=O) groups excluding carboxylic acids is 2. The highest BCUT2D eigenvalue weighted by molar-refractivity contribution is 5.90. The van der Waals surface area contributed by atoms with Crippen LogP contribution in [0.3, 0.4) is 0 Å². The van der Waals surface area contributed by atoms with Crippen molar-refractivity contribution in [1.29, 1.82) is 0 Å². The van der Waals surface area contributed by atoms with Gasteiger partial charge in [-0.15, -0.1) is 0 Å². The van der Waals surface area contributed by atoms with Crippen LogP contribution in [-0.2, 0) is 16.1 Å². The van der Waals surface area contributed by atoms with Crippen molar-refractivity contribution in [2.45, 2.75) is 19.4 Å². The van der Waals surface area contributed by atoms with Crippen LogP contribution in [0.1, 0.15) is 28.2 Å². The van der Waals surface area contributed by atoms with Gasteiger partial charge in [0, 0.05) is 6.54 Å². The molecule has 142 valence electrons. The fourth-order valence-electron chi connectivity index (χ4n) is 3.12. The molecule has 0 heterocycles. The molecule has 0 radical (unpaired) electrons. The van der Waals surface area contributed by atoms with Crippen molar-refractivity contribution in [2.24, 2.45) is 0 Å². The Bertz CT molecular complexity index is 884. The second-order valence-corrected chi connectivity index (χ2v) is 6.68. The van der Waals surface area contributed by atoms with E-state index in [1.54, 1.807) is 0 Å². The third-order valence-corrected chi connectivity index (χ3v) is 4.69. The van der Waals surface area contributed by atoms with E-state index in [4.69, 9.17) is 0 Å². The van der Waals surface area contributed by atoms with Crippen LogP contribution in [0.2, 0.25) is 0 Å². The lowest BCUT2D eigenvalue weighted by Crippen LogP contribution is -2.39. The van der Waals surface area contributed by atoms with E-state index in [1.165, 1.54) is 0 Å². The van der Waals surface area contributed by atoms with Crippen molar-refractivity contribution in [3.63, 3.8) is 0 Å². The maximum Gasteiger partial charge on any atom is 0.239 e. The van der Waals surface area contributed by atoms with Crippen LogP contribution in [0.4, 0.5) is 0 Å². The maximum atomic E-state index is 12.9. The second kappa shape index (κ2) is 9.51. The Morgan fingerprint density at radius 1 is 0.750 bits per heavy atom.